The molecular formula is C48H83N3O39. The lowest BCUT2D eigenvalue weighted by Crippen LogP contribution is -2.61. The molecule has 3 aliphatic heterocycles. The summed E-state index contributed by atoms with van der Waals surface area (Å²) in [6.45, 7) is -7.96. The van der Waals surface area contributed by atoms with Crippen LogP contribution in [0.25, 0.3) is 10.4 Å². The predicted octanol–water partition coefficient (Wildman–Crippen LogP) is -8.17. The van der Waals surface area contributed by atoms with Gasteiger partial charge in [-0.1, -0.05) is 5.11 Å². The van der Waals surface area contributed by atoms with Crippen molar-refractivity contribution in [1.82, 2.24) is 0 Å². The number of hydrogen-bond donors (Lipinski definition) is 30. The van der Waals surface area contributed by atoms with Gasteiger partial charge in [-0.15, -0.1) is 0 Å². The Morgan fingerprint density at radius 2 is 0.600 bits per heavy atom. The number of aliphatic hydroxyl groups excluding tert-OH is 30. The number of ether oxygens (including phenoxy) is 9. The number of fused-ring (bicyclic) bond motifs is 32. The van der Waals surface area contributed by atoms with Gasteiger partial charge in [0.25, 0.3) is 0 Å². The monoisotopic (exact) mass is 1330 g/mol. The van der Waals surface area contributed by atoms with Crippen molar-refractivity contribution in [2.24, 2.45) is 5.11 Å². The van der Waals surface area contributed by atoms with Crippen LogP contribution in [-0.2, 0) is 42.6 Å². The van der Waals surface area contributed by atoms with Gasteiger partial charge in [0.05, 0.1) is 18.8 Å². The van der Waals surface area contributed by atoms with Crippen molar-refractivity contribution >= 4 is 0 Å². The fraction of sp³-hybridized carbons (Fsp3) is 0.792. The maximum Gasteiger partial charge on any atom is 0.218 e. The molecule has 30 N–H and O–H groups in total. The topological polar surface area (TPSA) is 739 Å². The van der Waals surface area contributed by atoms with Gasteiger partial charge >= 0.3 is 0 Å². The van der Waals surface area contributed by atoms with Crippen LogP contribution in [-0.4, -0.2) is 348 Å². The lowest BCUT2D eigenvalue weighted by Gasteiger charge is -2.43. The number of rotatable bonds is 16. The van der Waals surface area contributed by atoms with Crippen LogP contribution in [0.5, 0.6) is 0 Å². The van der Waals surface area contributed by atoms with E-state index < -0.39 is 297 Å². The molecular weight excluding hydrogens is 1240 g/mol. The molecule has 3 aliphatic rings. The maximum absolute atomic E-state index is 11.1. The van der Waals surface area contributed by atoms with Crippen LogP contribution in [0.1, 0.15) is 44.9 Å². The summed E-state index contributed by atoms with van der Waals surface area (Å²) in [6, 6.07) is 0. The third kappa shape index (κ3) is 22.9. The second kappa shape index (κ2) is 40.1. The van der Waals surface area contributed by atoms with E-state index in [0.717, 1.165) is 0 Å². The predicted molar refractivity (Wildman–Crippen MR) is 283 cm³/mol. The van der Waals surface area contributed by atoms with Crippen molar-refractivity contribution < 1.29 is 196 Å². The van der Waals surface area contributed by atoms with Gasteiger partial charge in [-0.25, -0.2) is 0 Å². The quantitative estimate of drug-likeness (QED) is 0.0388. The van der Waals surface area contributed by atoms with Gasteiger partial charge < -0.3 is 196 Å². The summed E-state index contributed by atoms with van der Waals surface area (Å²) in [5, 5.41) is 323. The van der Waals surface area contributed by atoms with Crippen molar-refractivity contribution in [3.05, 3.63) is 68.0 Å². The molecule has 2 bridgehead atoms. The Morgan fingerprint density at radius 3 is 0.922 bits per heavy atom. The molecule has 0 amide bonds. The summed E-state index contributed by atoms with van der Waals surface area (Å²) >= 11 is 0. The van der Waals surface area contributed by atoms with Gasteiger partial charge in [0.2, 0.25) is 31.5 Å². The molecule has 0 aliphatic carbocycles. The molecule has 1 saturated heterocycles. The minimum Gasteiger partial charge on any atom is -0.506 e. The Balaban J connectivity index is 2.87. The summed E-state index contributed by atoms with van der Waals surface area (Å²) < 4.78 is 46.6. The Hall–Kier alpha value is -5.15. The molecule has 524 valence electrons. The largest absolute Gasteiger partial charge is 0.506 e. The van der Waals surface area contributed by atoms with E-state index in [2.05, 4.69) is 10.0 Å². The van der Waals surface area contributed by atoms with E-state index >= 15 is 0 Å². The third-order valence-corrected chi connectivity index (χ3v) is 13.2. The molecule has 23 unspecified atom stereocenters. The SMILES string of the molecule is [N-]=[N+]=NCCC1OC(O)/C(O)=C(\O)C(CCO)OC(O)C(O)C(O)C(CCO)OC(O)/C(O)=C(\O)C(CCO)OC(O)/C(O)=C(/O)C(CCO)OC2OC(CO)C(OC(O)/C(O)=C(/O)C(CCO)OC(O)C(O)C(O)C(CCO)OC(O)/C(O)=C\1O)C(O)C2O. The van der Waals surface area contributed by atoms with E-state index in [9.17, 15) is 153 Å². The second-order valence-corrected chi connectivity index (χ2v) is 19.5. The van der Waals surface area contributed by atoms with E-state index in [1.54, 1.807) is 0 Å². The lowest BCUT2D eigenvalue weighted by atomic mass is 9.98. The Labute approximate surface area is 507 Å². The highest BCUT2D eigenvalue weighted by molar-refractivity contribution is 5.13. The molecule has 0 spiro atoms. The van der Waals surface area contributed by atoms with Gasteiger partial charge in [-0.05, 0) is 24.8 Å². The van der Waals surface area contributed by atoms with Crippen LogP contribution in [0.4, 0.5) is 0 Å². The number of aliphatic hydroxyl groups is 30. The lowest BCUT2D eigenvalue weighted by molar-refractivity contribution is -0.329. The zero-order valence-corrected chi connectivity index (χ0v) is 47.3. The van der Waals surface area contributed by atoms with Gasteiger partial charge in [0.15, 0.2) is 76.5 Å². The van der Waals surface area contributed by atoms with E-state index in [4.69, 9.17) is 48.2 Å². The first-order valence-electron chi connectivity index (χ1n) is 27.0. The smallest absolute Gasteiger partial charge is 0.218 e. The number of nitrogens with zero attached hydrogens (tertiary/aromatic N) is 3. The average molecular weight is 1330 g/mol. The molecule has 0 aromatic rings. The van der Waals surface area contributed by atoms with Crippen LogP contribution in [0, 0.1) is 0 Å². The molecule has 0 saturated carbocycles. The van der Waals surface area contributed by atoms with E-state index in [1.807, 2.05) is 0 Å². The van der Waals surface area contributed by atoms with Crippen molar-refractivity contribution in [1.29, 1.82) is 0 Å². The summed E-state index contributed by atoms with van der Waals surface area (Å²) in [5.74, 6) is -16.2. The first-order valence-corrected chi connectivity index (χ1v) is 27.0. The van der Waals surface area contributed by atoms with Crippen LogP contribution in [0.15, 0.2) is 62.7 Å². The van der Waals surface area contributed by atoms with Crippen molar-refractivity contribution in [3.63, 3.8) is 0 Å². The van der Waals surface area contributed by atoms with Crippen LogP contribution < -0.4 is 0 Å². The van der Waals surface area contributed by atoms with Gasteiger partial charge in [-0.3, -0.25) is 0 Å². The Bertz CT molecular complexity index is 2330. The molecule has 0 aromatic carbocycles. The normalized spacial score (nSPS) is 41.0. The summed E-state index contributed by atoms with van der Waals surface area (Å²) in [6.07, 6.45) is -63.2. The zero-order valence-electron chi connectivity index (χ0n) is 47.3. The Kier molecular flexibility index (Phi) is 36.0. The van der Waals surface area contributed by atoms with Gasteiger partial charge in [0.1, 0.15) is 79.4 Å². The van der Waals surface area contributed by atoms with E-state index in [0.29, 0.717) is 0 Å². The average Bonchev–Trinajstić information content (AvgIpc) is 1.07. The molecule has 90 heavy (non-hydrogen) atoms. The standard InChI is InChI=1S/C48H83N3O39/c49-51-50-8-1-16-24(59)32(67)42(76)83-18(3-10-53)26(61)36(71)45(79)87-21(6-13-56)29(64)38(73)47(81)90-40-23(15-58)89-48(39(74)31(40)66)88-22(7-14-57)30(65)37(72)46(80)86-20(5-12-55)28(63)35(70)44(78)85-19(4-11-54)27(62)34(69)43(77)84-17(2-9-52)25(60)33(68)41(75)82-16/h16-23,26-27,31,34,36,39-48,52-81H,1-15H2/b32-24-,33-25+,35-28+,37-30-,38-29-. The second-order valence-electron chi connectivity index (χ2n) is 19.5. The molecule has 42 nitrogen and oxygen atoms in total. The first kappa shape index (κ1) is 80.9. The summed E-state index contributed by atoms with van der Waals surface area (Å²) in [7, 11) is 0. The minimum atomic E-state index is -2.92. The molecule has 0 aromatic heterocycles. The van der Waals surface area contributed by atoms with Crippen LogP contribution >= 0.6 is 0 Å². The van der Waals surface area contributed by atoms with Gasteiger partial charge in [0, 0.05) is 76.8 Å². The summed E-state index contributed by atoms with van der Waals surface area (Å²) in [5.41, 5.74) is 8.84. The minimum absolute atomic E-state index is 0.715. The zero-order chi connectivity index (χ0) is 68.4. The molecule has 0 radical (unpaired) electrons. The van der Waals surface area contributed by atoms with Crippen molar-refractivity contribution in [2.75, 3.05) is 52.8 Å². The summed E-state index contributed by atoms with van der Waals surface area (Å²) in [4.78, 5) is 2.45. The van der Waals surface area contributed by atoms with E-state index in [1.165, 1.54) is 0 Å². The maximum atomic E-state index is 11.1. The van der Waals surface area contributed by atoms with Crippen molar-refractivity contribution in [3.8, 4) is 0 Å². The highest BCUT2D eigenvalue weighted by atomic mass is 16.7. The highest BCUT2D eigenvalue weighted by Gasteiger charge is 2.49. The fourth-order valence-corrected chi connectivity index (χ4v) is 8.27. The van der Waals surface area contributed by atoms with Crippen LogP contribution in [0.2, 0.25) is 0 Å². The molecule has 3 rings (SSSR count). The third-order valence-electron chi connectivity index (χ3n) is 13.2. The van der Waals surface area contributed by atoms with Gasteiger partial charge in [-0.2, -0.15) is 0 Å². The van der Waals surface area contributed by atoms with Crippen LogP contribution in [0.3, 0.4) is 0 Å². The highest BCUT2D eigenvalue weighted by Crippen LogP contribution is 2.32. The van der Waals surface area contributed by atoms with E-state index in [-0.39, 0.29) is 0 Å². The van der Waals surface area contributed by atoms with Crippen molar-refractivity contribution in [2.45, 2.75) is 187 Å². The number of azide groups is 1. The Morgan fingerprint density at radius 1 is 0.300 bits per heavy atom. The molecule has 1 fully saturated rings. The first-order chi connectivity index (χ1) is 42.4. The molecule has 3 heterocycles. The fourth-order valence-electron chi connectivity index (χ4n) is 8.27. The number of hydrogen-bond acceptors (Lipinski definition) is 40. The molecule has 23 atom stereocenters. The molecule has 42 heteroatoms.